The number of benzene rings is 2. The number of rotatable bonds is 10. The summed E-state index contributed by atoms with van der Waals surface area (Å²) >= 11 is 0. The number of aliphatic hydroxyl groups is 1. The summed E-state index contributed by atoms with van der Waals surface area (Å²) in [6, 6.07) is 20.1. The highest BCUT2D eigenvalue weighted by molar-refractivity contribution is 6.07. The Morgan fingerprint density at radius 1 is 0.875 bits per heavy atom. The second-order valence-corrected chi connectivity index (χ2v) is 11.9. The van der Waals surface area contributed by atoms with Crippen molar-refractivity contribution in [3.63, 3.8) is 0 Å². The van der Waals surface area contributed by atoms with Gasteiger partial charge in [-0.3, -0.25) is 10.3 Å². The fourth-order valence-corrected chi connectivity index (χ4v) is 4.85. The van der Waals surface area contributed by atoms with Crippen molar-refractivity contribution in [1.29, 1.82) is 0 Å². The van der Waals surface area contributed by atoms with Crippen LogP contribution in [0.3, 0.4) is 0 Å². The summed E-state index contributed by atoms with van der Waals surface area (Å²) in [4.78, 5) is 30.4. The van der Waals surface area contributed by atoms with Crippen molar-refractivity contribution >= 4 is 39.9 Å². The summed E-state index contributed by atoms with van der Waals surface area (Å²) in [6.07, 6.45) is 6.36. The van der Waals surface area contributed by atoms with Crippen molar-refractivity contribution in [3.8, 4) is 17.3 Å². The molecule has 0 radical (unpaired) electrons. The average Bonchev–Trinajstić information content (AvgIpc) is 3.53. The minimum Gasteiger partial charge on any atom is -0.488 e. The summed E-state index contributed by atoms with van der Waals surface area (Å²) in [7, 11) is 1.56. The highest BCUT2D eigenvalue weighted by Crippen LogP contribution is 2.33. The molecule has 0 bridgehead atoms. The zero-order valence-corrected chi connectivity index (χ0v) is 26.9. The summed E-state index contributed by atoms with van der Waals surface area (Å²) in [5.74, 6) is 2.72. The number of nitrogens with zero attached hydrogens (tertiary/aromatic N) is 6. The molecule has 13 heteroatoms. The van der Waals surface area contributed by atoms with Gasteiger partial charge in [-0.25, -0.2) is 24.4 Å². The molecule has 4 heterocycles. The SMILES string of the molecule is COc1ccc(-n2nc(C(C)(C)C)cc2NC(=O)Nc2ccc(OCc3ccnc(Nc4cnc(CO)cn4)c3)c3ccccc23)cn1. The first kappa shape index (κ1) is 31.9. The fraction of sp³-hybridized carbons (Fsp3) is 0.200. The number of fused-ring (bicyclic) bond motifs is 1. The first-order valence-corrected chi connectivity index (χ1v) is 15.2. The summed E-state index contributed by atoms with van der Waals surface area (Å²) < 4.78 is 13.1. The second kappa shape index (κ2) is 13.7. The molecule has 2 aromatic carbocycles. The lowest BCUT2D eigenvalue weighted by atomic mass is 9.92. The molecule has 4 N–H and O–H groups in total. The van der Waals surface area contributed by atoms with Crippen LogP contribution in [0.2, 0.25) is 0 Å². The van der Waals surface area contributed by atoms with Gasteiger partial charge < -0.3 is 25.2 Å². The van der Waals surface area contributed by atoms with Crippen LogP contribution < -0.4 is 25.4 Å². The zero-order chi connectivity index (χ0) is 33.7. The van der Waals surface area contributed by atoms with Crippen molar-refractivity contribution in [3.05, 3.63) is 108 Å². The van der Waals surface area contributed by atoms with Gasteiger partial charge >= 0.3 is 6.03 Å². The van der Waals surface area contributed by atoms with E-state index in [1.165, 1.54) is 12.4 Å². The Labute approximate surface area is 277 Å². The van der Waals surface area contributed by atoms with Gasteiger partial charge in [0.25, 0.3) is 0 Å². The predicted octanol–water partition coefficient (Wildman–Crippen LogP) is 6.37. The van der Waals surface area contributed by atoms with Gasteiger partial charge in [-0.1, -0.05) is 45.0 Å². The number of amides is 2. The van der Waals surface area contributed by atoms with E-state index in [1.807, 2.05) is 60.7 Å². The normalized spacial score (nSPS) is 11.3. The number of carbonyl (C=O) groups excluding carboxylic acids is 1. The number of nitrogens with one attached hydrogen (secondary N) is 3. The average molecular weight is 646 g/mol. The molecule has 0 saturated carbocycles. The van der Waals surface area contributed by atoms with Crippen LogP contribution in [0.25, 0.3) is 16.5 Å². The van der Waals surface area contributed by atoms with Gasteiger partial charge in [0.05, 0.1) is 55.1 Å². The van der Waals surface area contributed by atoms with E-state index >= 15 is 0 Å². The Bertz CT molecular complexity index is 2040. The number of aromatic nitrogens is 6. The van der Waals surface area contributed by atoms with Gasteiger partial charge in [-0.15, -0.1) is 0 Å². The molecule has 244 valence electrons. The topological polar surface area (TPSA) is 161 Å². The second-order valence-electron chi connectivity index (χ2n) is 11.9. The van der Waals surface area contributed by atoms with Crippen molar-refractivity contribution in [2.24, 2.45) is 0 Å². The smallest absolute Gasteiger partial charge is 0.324 e. The van der Waals surface area contributed by atoms with Gasteiger partial charge in [0.1, 0.15) is 29.8 Å². The number of pyridine rings is 2. The third-order valence-electron chi connectivity index (χ3n) is 7.37. The van der Waals surface area contributed by atoms with Crippen LogP contribution in [-0.4, -0.2) is 48.0 Å². The Morgan fingerprint density at radius 2 is 1.71 bits per heavy atom. The van der Waals surface area contributed by atoms with Crippen LogP contribution in [0.5, 0.6) is 11.6 Å². The molecule has 0 aliphatic rings. The molecule has 0 fully saturated rings. The number of urea groups is 1. The van der Waals surface area contributed by atoms with Crippen LogP contribution in [0.4, 0.5) is 27.9 Å². The number of carbonyl (C=O) groups is 1. The zero-order valence-electron chi connectivity index (χ0n) is 26.9. The van der Waals surface area contributed by atoms with E-state index in [1.54, 1.807) is 30.3 Å². The van der Waals surface area contributed by atoms with Crippen LogP contribution in [0.1, 0.15) is 37.7 Å². The molecule has 0 spiro atoms. The first-order valence-electron chi connectivity index (χ1n) is 15.2. The van der Waals surface area contributed by atoms with Crippen LogP contribution >= 0.6 is 0 Å². The van der Waals surface area contributed by atoms with Gasteiger partial charge in [-0.05, 0) is 35.9 Å². The summed E-state index contributed by atoms with van der Waals surface area (Å²) in [5.41, 5.74) is 3.22. The van der Waals surface area contributed by atoms with Crippen molar-refractivity contribution in [2.45, 2.75) is 39.4 Å². The predicted molar refractivity (Wildman–Crippen MR) is 183 cm³/mol. The number of aliphatic hydroxyl groups excluding tert-OH is 1. The van der Waals surface area contributed by atoms with Gasteiger partial charge in [0.2, 0.25) is 5.88 Å². The van der Waals surface area contributed by atoms with Crippen LogP contribution in [-0.2, 0) is 18.6 Å². The maximum absolute atomic E-state index is 13.4. The highest BCUT2D eigenvalue weighted by atomic mass is 16.5. The Balaban J connectivity index is 1.17. The van der Waals surface area contributed by atoms with Crippen molar-refractivity contribution < 1.29 is 19.4 Å². The quantitative estimate of drug-likeness (QED) is 0.132. The number of methoxy groups -OCH3 is 1. The van der Waals surface area contributed by atoms with Crippen LogP contribution in [0, 0.1) is 0 Å². The lowest BCUT2D eigenvalue weighted by Gasteiger charge is -2.15. The standard InChI is InChI=1S/C35H35N9O4/c1-35(2,3)29-16-32(44(43-29)24-9-12-33(47-4)39-18-24)42-34(46)40-27-10-11-28(26-8-6-5-7-25(26)27)48-21-22-13-14-36-30(15-22)41-31-19-37-23(20-45)17-38-31/h5-19,45H,20-21H2,1-4H3,(H,36,38,41)(H2,40,42,46). The maximum atomic E-state index is 13.4. The third-order valence-corrected chi connectivity index (χ3v) is 7.37. The molecule has 2 amide bonds. The number of hydrogen-bond donors (Lipinski definition) is 4. The summed E-state index contributed by atoms with van der Waals surface area (Å²) in [5, 5.41) is 24.7. The maximum Gasteiger partial charge on any atom is 0.324 e. The number of anilines is 4. The van der Waals surface area contributed by atoms with Gasteiger partial charge in [-0.2, -0.15) is 5.10 Å². The molecular formula is C35H35N9O4. The molecule has 48 heavy (non-hydrogen) atoms. The molecule has 0 saturated heterocycles. The molecule has 0 aliphatic heterocycles. The van der Waals surface area contributed by atoms with Crippen LogP contribution in [0.15, 0.2) is 91.5 Å². The Morgan fingerprint density at radius 3 is 2.42 bits per heavy atom. The molecule has 4 aromatic heterocycles. The third kappa shape index (κ3) is 7.32. The van der Waals surface area contributed by atoms with Gasteiger partial charge in [0.15, 0.2) is 0 Å². The molecule has 0 unspecified atom stereocenters. The van der Waals surface area contributed by atoms with E-state index in [2.05, 4.69) is 56.7 Å². The molecule has 0 atom stereocenters. The van der Waals surface area contributed by atoms with Crippen molar-refractivity contribution in [2.75, 3.05) is 23.1 Å². The van der Waals surface area contributed by atoms with E-state index < -0.39 is 6.03 Å². The van der Waals surface area contributed by atoms with E-state index in [0.29, 0.717) is 46.2 Å². The first-order chi connectivity index (χ1) is 23.2. The van der Waals surface area contributed by atoms with E-state index in [0.717, 1.165) is 22.0 Å². The van der Waals surface area contributed by atoms with E-state index in [9.17, 15) is 9.90 Å². The van der Waals surface area contributed by atoms with E-state index in [-0.39, 0.29) is 18.6 Å². The minimum absolute atomic E-state index is 0.175. The number of ether oxygens (including phenoxy) is 2. The molecule has 6 rings (SSSR count). The molecular weight excluding hydrogens is 610 g/mol. The number of hydrogen-bond acceptors (Lipinski definition) is 10. The summed E-state index contributed by atoms with van der Waals surface area (Å²) in [6.45, 7) is 6.29. The Kier molecular flexibility index (Phi) is 9.12. The molecule has 13 nitrogen and oxygen atoms in total. The Hall–Kier alpha value is -6.08. The minimum atomic E-state index is -0.426. The highest BCUT2D eigenvalue weighted by Gasteiger charge is 2.22. The lowest BCUT2D eigenvalue weighted by Crippen LogP contribution is -2.21. The van der Waals surface area contributed by atoms with Gasteiger partial charge in [0, 0.05) is 34.5 Å². The monoisotopic (exact) mass is 645 g/mol. The lowest BCUT2D eigenvalue weighted by molar-refractivity contribution is 0.262. The largest absolute Gasteiger partial charge is 0.488 e. The van der Waals surface area contributed by atoms with E-state index in [4.69, 9.17) is 14.6 Å². The molecule has 0 aliphatic carbocycles. The van der Waals surface area contributed by atoms with Crippen molar-refractivity contribution in [1.82, 2.24) is 29.7 Å². The fourth-order valence-electron chi connectivity index (χ4n) is 4.85. The molecule has 6 aromatic rings.